The predicted molar refractivity (Wildman–Crippen MR) is 138 cm³/mol. The molecule has 0 atom stereocenters. The largest absolute Gasteiger partial charge is 0.357 e. The minimum absolute atomic E-state index is 0. The Hall–Kier alpha value is -1.68. The molecule has 2 heterocycles. The number of halogens is 1. The molecule has 1 saturated heterocycles. The standard InChI is InChI=1S/C23H37N7.HI/c1-3-22-28-27-19-30(22)16-13-25-23(24-4-2)26-17-20-11-7-8-12-21(20)18-29-14-9-5-6-10-15-29;/h7-8,11-12,19H,3-6,9-10,13-18H2,1-2H3,(H2,24,25,26);1H. The van der Waals surface area contributed by atoms with Crippen LogP contribution in [0.15, 0.2) is 35.6 Å². The molecule has 1 aliphatic rings. The lowest BCUT2D eigenvalue weighted by atomic mass is 10.1. The second-order valence-electron chi connectivity index (χ2n) is 7.88. The number of likely N-dealkylation sites (tertiary alicyclic amines) is 1. The van der Waals surface area contributed by atoms with E-state index in [1.807, 2.05) is 0 Å². The zero-order valence-electron chi connectivity index (χ0n) is 19.0. The summed E-state index contributed by atoms with van der Waals surface area (Å²) < 4.78 is 2.09. The van der Waals surface area contributed by atoms with Crippen LogP contribution < -0.4 is 10.6 Å². The van der Waals surface area contributed by atoms with Crippen molar-refractivity contribution in [1.29, 1.82) is 0 Å². The zero-order chi connectivity index (χ0) is 21.0. The summed E-state index contributed by atoms with van der Waals surface area (Å²) in [7, 11) is 0. The van der Waals surface area contributed by atoms with Gasteiger partial charge < -0.3 is 15.2 Å². The van der Waals surface area contributed by atoms with E-state index in [0.29, 0.717) is 6.54 Å². The summed E-state index contributed by atoms with van der Waals surface area (Å²) in [5.74, 6) is 1.87. The summed E-state index contributed by atoms with van der Waals surface area (Å²) in [4.78, 5) is 7.45. The first kappa shape index (κ1) is 25.6. The van der Waals surface area contributed by atoms with Crippen LogP contribution in [0.2, 0.25) is 0 Å². The molecule has 0 aliphatic carbocycles. The third-order valence-electron chi connectivity index (χ3n) is 5.62. The van der Waals surface area contributed by atoms with Crippen molar-refractivity contribution in [1.82, 2.24) is 30.3 Å². The fourth-order valence-electron chi connectivity index (χ4n) is 3.94. The zero-order valence-corrected chi connectivity index (χ0v) is 21.3. The average molecular weight is 540 g/mol. The number of hydrogen-bond donors (Lipinski definition) is 2. The topological polar surface area (TPSA) is 70.4 Å². The molecule has 1 aromatic heterocycles. The Morgan fingerprint density at radius 3 is 2.48 bits per heavy atom. The third kappa shape index (κ3) is 8.40. The number of nitrogens with one attached hydrogen (secondary N) is 2. The Balaban J connectivity index is 0.00000341. The average Bonchev–Trinajstić information content (AvgIpc) is 3.07. The molecular weight excluding hydrogens is 501 g/mol. The van der Waals surface area contributed by atoms with Gasteiger partial charge in [-0.05, 0) is 44.0 Å². The second kappa shape index (κ2) is 14.4. The number of rotatable bonds is 9. The van der Waals surface area contributed by atoms with E-state index >= 15 is 0 Å². The smallest absolute Gasteiger partial charge is 0.191 e. The highest BCUT2D eigenvalue weighted by Crippen LogP contribution is 2.16. The Labute approximate surface area is 204 Å². The minimum atomic E-state index is 0. The van der Waals surface area contributed by atoms with Gasteiger partial charge in [-0.25, -0.2) is 4.99 Å². The summed E-state index contributed by atoms with van der Waals surface area (Å²) in [6.45, 7) is 10.8. The van der Waals surface area contributed by atoms with Gasteiger partial charge in [-0.1, -0.05) is 44.0 Å². The molecule has 1 aliphatic heterocycles. The molecule has 7 nitrogen and oxygen atoms in total. The molecule has 0 amide bonds. The van der Waals surface area contributed by atoms with Gasteiger partial charge >= 0.3 is 0 Å². The molecule has 0 spiro atoms. The van der Waals surface area contributed by atoms with Crippen LogP contribution in [0.5, 0.6) is 0 Å². The summed E-state index contributed by atoms with van der Waals surface area (Å²) >= 11 is 0. The number of hydrogen-bond acceptors (Lipinski definition) is 4. The molecule has 0 bridgehead atoms. The first-order valence-electron chi connectivity index (χ1n) is 11.5. The number of aryl methyl sites for hydroxylation is 1. The molecule has 2 N–H and O–H groups in total. The Morgan fingerprint density at radius 2 is 1.77 bits per heavy atom. The Kier molecular flexibility index (Phi) is 11.9. The van der Waals surface area contributed by atoms with Crippen molar-refractivity contribution >= 4 is 29.9 Å². The Morgan fingerprint density at radius 1 is 1.03 bits per heavy atom. The van der Waals surface area contributed by atoms with E-state index in [4.69, 9.17) is 4.99 Å². The van der Waals surface area contributed by atoms with Crippen LogP contribution >= 0.6 is 24.0 Å². The first-order valence-corrected chi connectivity index (χ1v) is 11.5. The van der Waals surface area contributed by atoms with E-state index in [1.165, 1.54) is 49.9 Å². The van der Waals surface area contributed by atoms with Crippen molar-refractivity contribution in [2.75, 3.05) is 26.2 Å². The van der Waals surface area contributed by atoms with Crippen LogP contribution in [-0.4, -0.2) is 51.8 Å². The van der Waals surface area contributed by atoms with Gasteiger partial charge in [0.25, 0.3) is 0 Å². The van der Waals surface area contributed by atoms with E-state index in [2.05, 4.69) is 68.4 Å². The maximum absolute atomic E-state index is 4.85. The van der Waals surface area contributed by atoms with Crippen molar-refractivity contribution in [3.8, 4) is 0 Å². The molecule has 0 unspecified atom stereocenters. The van der Waals surface area contributed by atoms with Crippen molar-refractivity contribution in [2.24, 2.45) is 4.99 Å². The highest BCUT2D eigenvalue weighted by molar-refractivity contribution is 14.0. The number of aliphatic imine (C=N–C) groups is 1. The molecule has 1 aromatic carbocycles. The van der Waals surface area contributed by atoms with E-state index < -0.39 is 0 Å². The van der Waals surface area contributed by atoms with Gasteiger partial charge in [0, 0.05) is 32.6 Å². The first-order chi connectivity index (χ1) is 14.8. The quantitative estimate of drug-likeness (QED) is 0.290. The number of benzene rings is 1. The van der Waals surface area contributed by atoms with Gasteiger partial charge in [0.15, 0.2) is 5.96 Å². The highest BCUT2D eigenvalue weighted by Gasteiger charge is 2.11. The lowest BCUT2D eigenvalue weighted by molar-refractivity contribution is 0.276. The fraction of sp³-hybridized carbons (Fsp3) is 0.609. The van der Waals surface area contributed by atoms with Crippen LogP contribution in [0, 0.1) is 0 Å². The third-order valence-corrected chi connectivity index (χ3v) is 5.62. The molecule has 172 valence electrons. The van der Waals surface area contributed by atoms with E-state index in [9.17, 15) is 0 Å². The lowest BCUT2D eigenvalue weighted by Gasteiger charge is -2.21. The molecule has 31 heavy (non-hydrogen) atoms. The predicted octanol–water partition coefficient (Wildman–Crippen LogP) is 3.59. The van der Waals surface area contributed by atoms with E-state index in [0.717, 1.165) is 44.4 Å². The van der Waals surface area contributed by atoms with Gasteiger partial charge in [-0.3, -0.25) is 4.90 Å². The van der Waals surface area contributed by atoms with E-state index in [-0.39, 0.29) is 24.0 Å². The van der Waals surface area contributed by atoms with Gasteiger partial charge in [0.2, 0.25) is 0 Å². The summed E-state index contributed by atoms with van der Waals surface area (Å²) in [5, 5.41) is 14.9. The SMILES string of the molecule is CCNC(=NCc1ccccc1CN1CCCCCC1)NCCn1cnnc1CC.I. The van der Waals surface area contributed by atoms with Crippen molar-refractivity contribution < 1.29 is 0 Å². The Bertz CT molecular complexity index is 782. The van der Waals surface area contributed by atoms with Crippen LogP contribution in [0.25, 0.3) is 0 Å². The number of nitrogens with zero attached hydrogens (tertiary/aromatic N) is 5. The molecule has 0 radical (unpaired) electrons. The molecule has 1 fully saturated rings. The van der Waals surface area contributed by atoms with Gasteiger partial charge in [0.1, 0.15) is 12.2 Å². The van der Waals surface area contributed by atoms with Crippen molar-refractivity contribution in [3.05, 3.63) is 47.5 Å². The maximum atomic E-state index is 4.85. The fourth-order valence-corrected chi connectivity index (χ4v) is 3.94. The number of guanidine groups is 1. The monoisotopic (exact) mass is 539 g/mol. The van der Waals surface area contributed by atoms with Crippen LogP contribution in [0.4, 0.5) is 0 Å². The van der Waals surface area contributed by atoms with Crippen LogP contribution in [-0.2, 0) is 26.1 Å². The van der Waals surface area contributed by atoms with E-state index in [1.54, 1.807) is 6.33 Å². The number of aromatic nitrogens is 3. The molecule has 0 saturated carbocycles. The van der Waals surface area contributed by atoms with Gasteiger partial charge in [-0.2, -0.15) is 0 Å². The van der Waals surface area contributed by atoms with Crippen LogP contribution in [0.3, 0.4) is 0 Å². The highest BCUT2D eigenvalue weighted by atomic mass is 127. The minimum Gasteiger partial charge on any atom is -0.357 e. The van der Waals surface area contributed by atoms with Gasteiger partial charge in [-0.15, -0.1) is 34.2 Å². The van der Waals surface area contributed by atoms with Crippen molar-refractivity contribution in [2.45, 2.75) is 65.6 Å². The lowest BCUT2D eigenvalue weighted by Crippen LogP contribution is -2.39. The molecule has 8 heteroatoms. The van der Waals surface area contributed by atoms with Crippen molar-refractivity contribution in [3.63, 3.8) is 0 Å². The summed E-state index contributed by atoms with van der Waals surface area (Å²) in [6, 6.07) is 8.74. The summed E-state index contributed by atoms with van der Waals surface area (Å²) in [5.41, 5.74) is 2.71. The second-order valence-corrected chi connectivity index (χ2v) is 7.88. The van der Waals surface area contributed by atoms with Crippen LogP contribution in [0.1, 0.15) is 56.5 Å². The normalized spacial score (nSPS) is 15.2. The summed E-state index contributed by atoms with van der Waals surface area (Å²) in [6.07, 6.45) is 8.07. The molecule has 3 rings (SSSR count). The van der Waals surface area contributed by atoms with Gasteiger partial charge in [0.05, 0.1) is 6.54 Å². The molecule has 2 aromatic rings. The molecular formula is C23H38IN7. The maximum Gasteiger partial charge on any atom is 0.191 e.